The normalized spacial score (nSPS) is 18.2. The van der Waals surface area contributed by atoms with Crippen molar-refractivity contribution >= 4 is 22.7 Å². The van der Waals surface area contributed by atoms with E-state index in [1.54, 1.807) is 0 Å². The number of aryl methyl sites for hydroxylation is 1. The molecule has 3 aromatic rings. The molecule has 5 rings (SSSR count). The largest absolute Gasteiger partial charge is 0.395 e. The van der Waals surface area contributed by atoms with Crippen molar-refractivity contribution in [3.63, 3.8) is 0 Å². The first-order chi connectivity index (χ1) is 16.2. The molecule has 3 N–H and O–H groups in total. The van der Waals surface area contributed by atoms with Gasteiger partial charge in [0.25, 0.3) is 11.8 Å². The molecule has 3 heterocycles. The number of H-pyrrole nitrogens is 1. The maximum absolute atomic E-state index is 13.3. The zero-order valence-corrected chi connectivity index (χ0v) is 18.6. The van der Waals surface area contributed by atoms with E-state index in [2.05, 4.69) is 15.5 Å². The highest BCUT2D eigenvalue weighted by atomic mass is 16.3. The maximum atomic E-state index is 13.3. The summed E-state index contributed by atoms with van der Waals surface area (Å²) in [4.78, 5) is 32.8. The Bertz CT molecular complexity index is 1190. The highest BCUT2D eigenvalue weighted by Crippen LogP contribution is 2.31. The van der Waals surface area contributed by atoms with Crippen LogP contribution in [0.15, 0.2) is 30.3 Å². The molecule has 0 unspecified atom stereocenters. The number of hydrogen-bond donors (Lipinski definition) is 3. The topological polar surface area (TPSA) is 111 Å². The molecule has 1 aliphatic heterocycles. The van der Waals surface area contributed by atoms with Crippen LogP contribution in [0, 0.1) is 0 Å². The first kappa shape index (κ1) is 21.6. The standard InChI is InChI=1S/C25H29N5O3/c31-13-11-26-24(32)19-14-22(27-20-8-5-4-6-17(19)20)16-10-12-30(15-16)25(33)23-18-7-2-1-3-9-21(18)28-29-23/h4-6,8,14,16,31H,1-3,7,9-13,15H2,(H,26,32)(H,28,29)/t16-/m1/s1. The highest BCUT2D eigenvalue weighted by Gasteiger charge is 2.32. The Morgan fingerprint density at radius 1 is 1.18 bits per heavy atom. The van der Waals surface area contributed by atoms with Gasteiger partial charge >= 0.3 is 0 Å². The zero-order chi connectivity index (χ0) is 22.8. The third-order valence-electron chi connectivity index (χ3n) is 6.78. The number of aliphatic hydroxyl groups excluding tert-OH is 1. The lowest BCUT2D eigenvalue weighted by Crippen LogP contribution is -2.30. The van der Waals surface area contributed by atoms with Gasteiger partial charge in [-0.2, -0.15) is 5.10 Å². The van der Waals surface area contributed by atoms with Gasteiger partial charge in [-0.05, 0) is 44.2 Å². The van der Waals surface area contributed by atoms with E-state index in [0.717, 1.165) is 60.0 Å². The number of hydrogen-bond acceptors (Lipinski definition) is 5. The fourth-order valence-corrected chi connectivity index (χ4v) is 5.03. The fourth-order valence-electron chi connectivity index (χ4n) is 5.03. The number of aromatic amines is 1. The molecule has 1 aromatic carbocycles. The minimum absolute atomic E-state index is 0.0152. The van der Waals surface area contributed by atoms with Crippen LogP contribution in [0.4, 0.5) is 0 Å². The predicted molar refractivity (Wildman–Crippen MR) is 124 cm³/mol. The Hall–Kier alpha value is -3.26. The number of carbonyl (C=O) groups excluding carboxylic acids is 2. The van der Waals surface area contributed by atoms with E-state index in [9.17, 15) is 9.59 Å². The molecule has 1 saturated heterocycles. The number of aromatic nitrogens is 3. The van der Waals surface area contributed by atoms with Crippen LogP contribution in [-0.4, -0.2) is 63.2 Å². The summed E-state index contributed by atoms with van der Waals surface area (Å²) in [5.41, 5.74) is 4.90. The van der Waals surface area contributed by atoms with Crippen LogP contribution in [0.1, 0.15) is 69.4 Å². The maximum Gasteiger partial charge on any atom is 0.274 e. The number of nitrogens with one attached hydrogen (secondary N) is 2. The quantitative estimate of drug-likeness (QED) is 0.521. The Labute approximate surface area is 192 Å². The van der Waals surface area contributed by atoms with Gasteiger partial charge in [-0.25, -0.2) is 0 Å². The number of rotatable bonds is 5. The number of carbonyl (C=O) groups is 2. The second kappa shape index (κ2) is 9.31. The summed E-state index contributed by atoms with van der Waals surface area (Å²) in [5.74, 6) is -0.187. The third kappa shape index (κ3) is 4.23. The fraction of sp³-hybridized carbons (Fsp3) is 0.440. The highest BCUT2D eigenvalue weighted by molar-refractivity contribution is 6.06. The SMILES string of the molecule is O=C(NCCO)c1cc([C@@H]2CCN(C(=O)c3n[nH]c4c3CCCCC4)C2)nc2ccccc12. The van der Waals surface area contributed by atoms with Crippen LogP contribution >= 0.6 is 0 Å². The van der Waals surface area contributed by atoms with Gasteiger partial charge in [-0.15, -0.1) is 0 Å². The smallest absolute Gasteiger partial charge is 0.274 e. The van der Waals surface area contributed by atoms with Crippen LogP contribution in [-0.2, 0) is 12.8 Å². The molecule has 8 heteroatoms. The number of nitrogens with zero attached hydrogens (tertiary/aromatic N) is 3. The molecule has 2 aromatic heterocycles. The predicted octanol–water partition coefficient (Wildman–Crippen LogP) is 2.58. The lowest BCUT2D eigenvalue weighted by Gasteiger charge is -2.17. The second-order valence-electron chi connectivity index (χ2n) is 8.92. The number of amides is 2. The van der Waals surface area contributed by atoms with E-state index >= 15 is 0 Å². The van der Waals surface area contributed by atoms with Crippen molar-refractivity contribution in [1.29, 1.82) is 0 Å². The molecule has 0 saturated carbocycles. The Kier molecular flexibility index (Phi) is 6.09. The average molecular weight is 448 g/mol. The number of benzene rings is 1. The van der Waals surface area contributed by atoms with Crippen molar-refractivity contribution in [3.05, 3.63) is 58.5 Å². The van der Waals surface area contributed by atoms with Crippen molar-refractivity contribution in [2.75, 3.05) is 26.2 Å². The first-order valence-corrected chi connectivity index (χ1v) is 11.8. The van der Waals surface area contributed by atoms with E-state index < -0.39 is 0 Å². The number of fused-ring (bicyclic) bond motifs is 2. The van der Waals surface area contributed by atoms with Crippen LogP contribution in [0.3, 0.4) is 0 Å². The minimum atomic E-state index is -0.228. The number of likely N-dealkylation sites (tertiary alicyclic amines) is 1. The second-order valence-corrected chi connectivity index (χ2v) is 8.92. The Balaban J connectivity index is 1.39. The summed E-state index contributed by atoms with van der Waals surface area (Å²) >= 11 is 0. The van der Waals surface area contributed by atoms with Crippen molar-refractivity contribution in [2.24, 2.45) is 0 Å². The first-order valence-electron chi connectivity index (χ1n) is 11.8. The molecular weight excluding hydrogens is 418 g/mol. The molecule has 0 bridgehead atoms. The molecule has 2 aliphatic rings. The van der Waals surface area contributed by atoms with Gasteiger partial charge in [-0.1, -0.05) is 24.6 Å². The van der Waals surface area contributed by atoms with Gasteiger partial charge in [0.2, 0.25) is 0 Å². The van der Waals surface area contributed by atoms with Crippen molar-refractivity contribution < 1.29 is 14.7 Å². The van der Waals surface area contributed by atoms with Gasteiger partial charge in [0.15, 0.2) is 5.69 Å². The van der Waals surface area contributed by atoms with Crippen LogP contribution in [0.2, 0.25) is 0 Å². The van der Waals surface area contributed by atoms with Crippen molar-refractivity contribution in [3.8, 4) is 0 Å². The number of aliphatic hydroxyl groups is 1. The molecule has 1 atom stereocenters. The van der Waals surface area contributed by atoms with Crippen LogP contribution in [0.25, 0.3) is 10.9 Å². The summed E-state index contributed by atoms with van der Waals surface area (Å²) < 4.78 is 0. The lowest BCUT2D eigenvalue weighted by atomic mass is 9.99. The van der Waals surface area contributed by atoms with Gasteiger partial charge in [0.05, 0.1) is 17.7 Å². The lowest BCUT2D eigenvalue weighted by molar-refractivity contribution is 0.0783. The summed E-state index contributed by atoms with van der Waals surface area (Å²) in [6.07, 6.45) is 6.07. The van der Waals surface area contributed by atoms with E-state index in [1.807, 2.05) is 35.2 Å². The van der Waals surface area contributed by atoms with Crippen LogP contribution in [0.5, 0.6) is 0 Å². The monoisotopic (exact) mass is 447 g/mol. The van der Waals surface area contributed by atoms with E-state index in [1.165, 1.54) is 6.42 Å². The Morgan fingerprint density at radius 3 is 2.91 bits per heavy atom. The van der Waals surface area contributed by atoms with Gasteiger partial charge in [0.1, 0.15) is 0 Å². The van der Waals surface area contributed by atoms with E-state index in [4.69, 9.17) is 10.1 Å². The van der Waals surface area contributed by atoms with Crippen molar-refractivity contribution in [2.45, 2.75) is 44.4 Å². The van der Waals surface area contributed by atoms with Crippen molar-refractivity contribution in [1.82, 2.24) is 25.4 Å². The number of pyridine rings is 1. The average Bonchev–Trinajstić information content (AvgIpc) is 3.43. The molecular formula is C25H29N5O3. The van der Waals surface area contributed by atoms with Gasteiger partial charge in [0, 0.05) is 47.9 Å². The summed E-state index contributed by atoms with van der Waals surface area (Å²) in [6.45, 7) is 1.29. The summed E-state index contributed by atoms with van der Waals surface area (Å²) in [7, 11) is 0. The third-order valence-corrected chi connectivity index (χ3v) is 6.78. The summed E-state index contributed by atoms with van der Waals surface area (Å²) in [6, 6.07) is 9.41. The number of para-hydroxylation sites is 1. The molecule has 8 nitrogen and oxygen atoms in total. The molecule has 1 fully saturated rings. The molecule has 0 radical (unpaired) electrons. The van der Waals surface area contributed by atoms with Gasteiger partial charge in [-0.3, -0.25) is 19.7 Å². The minimum Gasteiger partial charge on any atom is -0.395 e. The molecule has 2 amide bonds. The molecule has 0 spiro atoms. The van der Waals surface area contributed by atoms with E-state index in [-0.39, 0.29) is 30.9 Å². The molecule has 172 valence electrons. The molecule has 1 aliphatic carbocycles. The molecule has 33 heavy (non-hydrogen) atoms. The van der Waals surface area contributed by atoms with Gasteiger partial charge < -0.3 is 15.3 Å². The van der Waals surface area contributed by atoms with E-state index in [0.29, 0.717) is 24.3 Å². The Morgan fingerprint density at radius 2 is 2.03 bits per heavy atom. The van der Waals surface area contributed by atoms with Crippen LogP contribution < -0.4 is 5.32 Å². The summed E-state index contributed by atoms with van der Waals surface area (Å²) in [5, 5.41) is 20.1. The zero-order valence-electron chi connectivity index (χ0n) is 18.6.